The van der Waals surface area contributed by atoms with E-state index in [9.17, 15) is 40.3 Å². The van der Waals surface area contributed by atoms with Crippen LogP contribution in [0, 0.1) is 5.82 Å². The fourth-order valence-electron chi connectivity index (χ4n) is 3.30. The molecule has 2 heterocycles. The van der Waals surface area contributed by atoms with Crippen molar-refractivity contribution in [3.05, 3.63) is 64.5 Å². The molecule has 6 nitrogen and oxygen atoms in total. The molecule has 0 saturated carbocycles. The van der Waals surface area contributed by atoms with Gasteiger partial charge in [-0.15, -0.1) is 0 Å². The highest BCUT2D eigenvalue weighted by Gasteiger charge is 2.34. The first-order valence-electron chi connectivity index (χ1n) is 11.1. The van der Waals surface area contributed by atoms with Gasteiger partial charge in [0.1, 0.15) is 5.82 Å². The van der Waals surface area contributed by atoms with Crippen LogP contribution in [0.5, 0.6) is 0 Å². The van der Waals surface area contributed by atoms with Gasteiger partial charge >= 0.3 is 12.4 Å². The number of anilines is 1. The number of morpholine rings is 2. The summed E-state index contributed by atoms with van der Waals surface area (Å²) in [6.07, 6.45) is -8.94. The molecule has 4 rings (SSSR count). The quantitative estimate of drug-likeness (QED) is 0.455. The number of hydrogen-bond donors (Lipinski definition) is 1. The number of carbonyl (C=O) groups is 2. The molecule has 2 aromatic carbocycles. The van der Waals surface area contributed by atoms with Gasteiger partial charge in [-0.3, -0.25) is 9.59 Å². The molecule has 0 aliphatic carbocycles. The Morgan fingerprint density at radius 3 is 1.65 bits per heavy atom. The summed E-state index contributed by atoms with van der Waals surface area (Å²) in [5, 5.41) is 3.16. The average Bonchev–Trinajstić information content (AvgIpc) is 2.89. The van der Waals surface area contributed by atoms with E-state index in [2.05, 4.69) is 5.32 Å². The van der Waals surface area contributed by atoms with Gasteiger partial charge < -0.3 is 19.7 Å². The Labute approximate surface area is 208 Å². The summed E-state index contributed by atoms with van der Waals surface area (Å²) < 4.78 is 97.2. The van der Waals surface area contributed by atoms with E-state index in [4.69, 9.17) is 9.47 Å². The summed E-state index contributed by atoms with van der Waals surface area (Å²) in [7, 11) is 0. The number of benzene rings is 2. The summed E-state index contributed by atoms with van der Waals surface area (Å²) >= 11 is 0. The monoisotopic (exact) mass is 538 g/mol. The first kappa shape index (κ1) is 30.2. The third kappa shape index (κ3) is 9.74. The fourth-order valence-corrected chi connectivity index (χ4v) is 3.30. The van der Waals surface area contributed by atoms with Crippen molar-refractivity contribution in [3.63, 3.8) is 0 Å². The molecule has 0 amide bonds. The van der Waals surface area contributed by atoms with Crippen molar-refractivity contribution in [3.8, 4) is 0 Å². The maximum absolute atomic E-state index is 12.8. The van der Waals surface area contributed by atoms with E-state index < -0.39 is 34.9 Å². The summed E-state index contributed by atoms with van der Waals surface area (Å²) in [6.45, 7) is 5.93. The summed E-state index contributed by atoms with van der Waals surface area (Å²) in [6, 6.07) is 5.66. The molecule has 1 N–H and O–H groups in total. The number of hydrogen-bond acceptors (Lipinski definition) is 6. The van der Waals surface area contributed by atoms with Gasteiger partial charge in [-0.2, -0.15) is 26.3 Å². The maximum atomic E-state index is 12.8. The standard InChI is InChI=1S/C12H12F3NO2.C8H4F4O.C4H9NO/c13-12(14,15)11-7-10(2-1-9(11)8-17)16-3-5-18-6-4-16;9-6-2-1-5(4-13)7(3-6)8(10,11)12;1-3-6-4-2-5-1/h1-2,7-8H,3-6H2;1-4H;5H,1-4H2. The Bertz CT molecular complexity index is 1010. The Morgan fingerprint density at radius 1 is 0.730 bits per heavy atom. The molecule has 0 unspecified atom stereocenters. The van der Waals surface area contributed by atoms with Gasteiger partial charge in [0.05, 0.1) is 37.6 Å². The van der Waals surface area contributed by atoms with Crippen LogP contribution >= 0.6 is 0 Å². The van der Waals surface area contributed by atoms with Crippen LogP contribution in [0.1, 0.15) is 31.8 Å². The molecule has 2 saturated heterocycles. The van der Waals surface area contributed by atoms with E-state index in [0.717, 1.165) is 44.5 Å². The minimum Gasteiger partial charge on any atom is -0.379 e. The topological polar surface area (TPSA) is 67.9 Å². The number of halogens is 7. The SMILES string of the molecule is C1COCCN1.O=Cc1ccc(F)cc1C(F)(F)F.O=Cc1ccc(N2CCOCC2)cc1C(F)(F)F. The zero-order chi connectivity index (χ0) is 27.5. The third-order valence-corrected chi connectivity index (χ3v) is 5.14. The van der Waals surface area contributed by atoms with Gasteiger partial charge in [-0.1, -0.05) is 0 Å². The van der Waals surface area contributed by atoms with Crippen LogP contribution in [0.2, 0.25) is 0 Å². The Morgan fingerprint density at radius 2 is 1.22 bits per heavy atom. The lowest BCUT2D eigenvalue weighted by Crippen LogP contribution is -2.36. The number of alkyl halides is 6. The van der Waals surface area contributed by atoms with E-state index in [-0.39, 0.29) is 18.1 Å². The second-order valence-corrected chi connectivity index (χ2v) is 7.70. The van der Waals surface area contributed by atoms with E-state index >= 15 is 0 Å². The van der Waals surface area contributed by atoms with Crippen molar-refractivity contribution >= 4 is 18.3 Å². The molecule has 0 atom stereocenters. The predicted octanol–water partition coefficient (Wildman–Crippen LogP) is 4.62. The fraction of sp³-hybridized carbons (Fsp3) is 0.417. The number of nitrogens with one attached hydrogen (secondary N) is 1. The van der Waals surface area contributed by atoms with Crippen molar-refractivity contribution < 1.29 is 49.8 Å². The molecule has 2 aliphatic heterocycles. The predicted molar refractivity (Wildman–Crippen MR) is 120 cm³/mol. The Balaban J connectivity index is 0.000000220. The highest BCUT2D eigenvalue weighted by Crippen LogP contribution is 2.34. The largest absolute Gasteiger partial charge is 0.417 e. The number of carbonyl (C=O) groups excluding carboxylic acids is 2. The normalized spacial score (nSPS) is 16.0. The van der Waals surface area contributed by atoms with Gasteiger partial charge in [-0.25, -0.2) is 4.39 Å². The number of nitrogens with zero attached hydrogens (tertiary/aromatic N) is 1. The van der Waals surface area contributed by atoms with Crippen LogP contribution in [0.25, 0.3) is 0 Å². The van der Waals surface area contributed by atoms with E-state index in [1.165, 1.54) is 12.1 Å². The summed E-state index contributed by atoms with van der Waals surface area (Å²) in [5.74, 6) is -1.02. The minimum absolute atomic E-state index is 0.0439. The highest BCUT2D eigenvalue weighted by atomic mass is 19.4. The molecule has 2 aliphatic rings. The average molecular weight is 538 g/mol. The molecule has 0 spiro atoms. The maximum Gasteiger partial charge on any atom is 0.417 e. The zero-order valence-electron chi connectivity index (χ0n) is 19.5. The lowest BCUT2D eigenvalue weighted by atomic mass is 10.1. The van der Waals surface area contributed by atoms with Crippen LogP contribution in [-0.2, 0) is 21.8 Å². The third-order valence-electron chi connectivity index (χ3n) is 5.14. The van der Waals surface area contributed by atoms with Gasteiger partial charge in [0.15, 0.2) is 12.6 Å². The van der Waals surface area contributed by atoms with Crippen molar-refractivity contribution in [2.75, 3.05) is 57.5 Å². The molecule has 0 bridgehead atoms. The lowest BCUT2D eigenvalue weighted by Gasteiger charge is -2.29. The van der Waals surface area contributed by atoms with Gasteiger partial charge in [0.25, 0.3) is 0 Å². The molecule has 2 aromatic rings. The summed E-state index contributed by atoms with van der Waals surface area (Å²) in [5.41, 5.74) is -2.56. The van der Waals surface area contributed by atoms with E-state index in [0.29, 0.717) is 38.1 Å². The number of aldehydes is 2. The highest BCUT2D eigenvalue weighted by molar-refractivity contribution is 5.79. The number of rotatable bonds is 3. The summed E-state index contributed by atoms with van der Waals surface area (Å²) in [4.78, 5) is 22.6. The molecule has 0 radical (unpaired) electrons. The first-order valence-corrected chi connectivity index (χ1v) is 11.1. The van der Waals surface area contributed by atoms with E-state index in [1.807, 2.05) is 4.90 Å². The number of ether oxygens (including phenoxy) is 2. The van der Waals surface area contributed by atoms with Gasteiger partial charge in [0.2, 0.25) is 0 Å². The smallest absolute Gasteiger partial charge is 0.379 e. The second-order valence-electron chi connectivity index (χ2n) is 7.70. The molecule has 0 aromatic heterocycles. The van der Waals surface area contributed by atoms with Crippen LogP contribution in [-0.4, -0.2) is 65.2 Å². The van der Waals surface area contributed by atoms with Crippen LogP contribution < -0.4 is 10.2 Å². The van der Waals surface area contributed by atoms with Crippen molar-refractivity contribution in [1.29, 1.82) is 0 Å². The van der Waals surface area contributed by atoms with Crippen molar-refractivity contribution in [2.45, 2.75) is 12.4 Å². The lowest BCUT2D eigenvalue weighted by molar-refractivity contribution is -0.138. The minimum atomic E-state index is -4.70. The van der Waals surface area contributed by atoms with Crippen molar-refractivity contribution in [1.82, 2.24) is 5.32 Å². The molecular weight excluding hydrogens is 513 g/mol. The van der Waals surface area contributed by atoms with Crippen LogP contribution in [0.4, 0.5) is 36.4 Å². The molecule has 13 heteroatoms. The zero-order valence-corrected chi connectivity index (χ0v) is 19.5. The Kier molecular flexibility index (Phi) is 11.5. The van der Waals surface area contributed by atoms with Crippen LogP contribution in [0.15, 0.2) is 36.4 Å². The second kappa shape index (κ2) is 14.1. The first-order chi connectivity index (χ1) is 17.5. The van der Waals surface area contributed by atoms with Crippen molar-refractivity contribution in [2.24, 2.45) is 0 Å². The van der Waals surface area contributed by atoms with Crippen LogP contribution in [0.3, 0.4) is 0 Å². The van der Waals surface area contributed by atoms with Gasteiger partial charge in [-0.05, 0) is 36.4 Å². The molecule has 204 valence electrons. The Hall–Kier alpha value is -3.03. The molecule has 37 heavy (non-hydrogen) atoms. The molecular formula is C24H25F7N2O4. The van der Waals surface area contributed by atoms with Gasteiger partial charge in [0, 0.05) is 43.0 Å². The van der Waals surface area contributed by atoms with E-state index in [1.54, 1.807) is 0 Å². The molecule has 2 fully saturated rings.